The Balaban J connectivity index is 1.41. The number of hydrogen-bond acceptors (Lipinski definition) is 1. The summed E-state index contributed by atoms with van der Waals surface area (Å²) in [5.74, 6) is 0.986. The molecule has 9 rings (SSSR count). The molecule has 8 aromatic rings. The van der Waals surface area contributed by atoms with Crippen molar-refractivity contribution in [3.63, 3.8) is 0 Å². The maximum atomic E-state index is 5.39. The van der Waals surface area contributed by atoms with E-state index >= 15 is 0 Å². The second-order valence-electron chi connectivity index (χ2n) is 11.8. The van der Waals surface area contributed by atoms with Crippen molar-refractivity contribution in [2.45, 2.75) is 25.7 Å². The third kappa shape index (κ3) is 3.86. The summed E-state index contributed by atoms with van der Waals surface area (Å²) in [6.07, 6.45) is 4.53. The number of para-hydroxylation sites is 2. The van der Waals surface area contributed by atoms with Gasteiger partial charge in [-0.1, -0.05) is 103 Å². The van der Waals surface area contributed by atoms with E-state index in [1.807, 2.05) is 0 Å². The molecule has 3 heterocycles. The van der Waals surface area contributed by atoms with Crippen molar-refractivity contribution in [2.75, 3.05) is 0 Å². The van der Waals surface area contributed by atoms with Gasteiger partial charge in [0.2, 0.25) is 0 Å². The molecule has 1 aliphatic carbocycles. The molecule has 0 fully saturated rings. The highest BCUT2D eigenvalue weighted by molar-refractivity contribution is 6.19. The Morgan fingerprint density at radius 1 is 0.500 bits per heavy atom. The molecule has 0 spiro atoms. The summed E-state index contributed by atoms with van der Waals surface area (Å²) >= 11 is 0. The van der Waals surface area contributed by atoms with Crippen LogP contribution in [0.15, 0.2) is 140 Å². The molecule has 1 aliphatic rings. The number of aryl methyl sites for hydroxylation is 1. The third-order valence-corrected chi connectivity index (χ3v) is 9.30. The Labute approximate surface area is 256 Å². The van der Waals surface area contributed by atoms with E-state index in [1.54, 1.807) is 0 Å². The first kappa shape index (κ1) is 25.1. The summed E-state index contributed by atoms with van der Waals surface area (Å²) < 4.78 is 4.96. The van der Waals surface area contributed by atoms with Crippen molar-refractivity contribution in [2.24, 2.45) is 0 Å². The van der Waals surface area contributed by atoms with Crippen LogP contribution in [0.2, 0.25) is 0 Å². The molecule has 0 unspecified atom stereocenters. The molecule has 3 nitrogen and oxygen atoms in total. The van der Waals surface area contributed by atoms with E-state index in [4.69, 9.17) is 4.98 Å². The van der Waals surface area contributed by atoms with Crippen molar-refractivity contribution in [3.8, 4) is 33.9 Å². The minimum atomic E-state index is 0.986. The monoisotopic (exact) mass is 565 g/mol. The highest BCUT2D eigenvalue weighted by Crippen LogP contribution is 2.43. The van der Waals surface area contributed by atoms with Crippen LogP contribution in [0.3, 0.4) is 0 Å². The number of fused-ring (bicyclic) bond motifs is 7. The van der Waals surface area contributed by atoms with Gasteiger partial charge in [0.05, 0.1) is 22.2 Å². The Kier molecular flexibility index (Phi) is 5.77. The zero-order valence-corrected chi connectivity index (χ0v) is 24.4. The predicted octanol–water partition coefficient (Wildman–Crippen LogP) is 10.3. The van der Waals surface area contributed by atoms with Crippen molar-refractivity contribution in [3.05, 3.63) is 151 Å². The van der Waals surface area contributed by atoms with E-state index in [-0.39, 0.29) is 0 Å². The van der Waals surface area contributed by atoms with Crippen molar-refractivity contribution >= 4 is 32.7 Å². The molecule has 0 aliphatic heterocycles. The zero-order chi connectivity index (χ0) is 29.0. The lowest BCUT2D eigenvalue weighted by atomic mass is 9.94. The van der Waals surface area contributed by atoms with Crippen LogP contribution < -0.4 is 0 Å². The number of rotatable bonds is 4. The molecule has 5 aromatic carbocycles. The number of benzene rings is 5. The highest BCUT2D eigenvalue weighted by atomic mass is 15.1. The van der Waals surface area contributed by atoms with Gasteiger partial charge >= 0.3 is 0 Å². The van der Waals surface area contributed by atoms with E-state index in [2.05, 4.69) is 149 Å². The second kappa shape index (κ2) is 10.1. The SMILES string of the molecule is c1ccc(-c2cc(-c3ccccc3)nc(-n3c4c(c5c3ccc3c6ccccc6n(-c6ccccc6)c35)CCCC4)c2)cc1. The summed E-state index contributed by atoms with van der Waals surface area (Å²) in [4.78, 5) is 5.39. The number of nitrogens with zero attached hydrogens (tertiary/aromatic N) is 3. The molecule has 210 valence electrons. The first-order valence-corrected chi connectivity index (χ1v) is 15.6. The van der Waals surface area contributed by atoms with Gasteiger partial charge in [0.1, 0.15) is 5.82 Å². The van der Waals surface area contributed by atoms with Gasteiger partial charge in [-0.25, -0.2) is 4.98 Å². The van der Waals surface area contributed by atoms with Gasteiger partial charge in [0, 0.05) is 33.1 Å². The van der Waals surface area contributed by atoms with Crippen LogP contribution in [-0.2, 0) is 12.8 Å². The lowest BCUT2D eigenvalue weighted by Gasteiger charge is -2.17. The van der Waals surface area contributed by atoms with Crippen LogP contribution in [-0.4, -0.2) is 14.1 Å². The van der Waals surface area contributed by atoms with Crippen LogP contribution in [0, 0.1) is 0 Å². The van der Waals surface area contributed by atoms with E-state index < -0.39 is 0 Å². The zero-order valence-electron chi connectivity index (χ0n) is 24.4. The lowest BCUT2D eigenvalue weighted by Crippen LogP contribution is -2.08. The van der Waals surface area contributed by atoms with Crippen LogP contribution in [0.4, 0.5) is 0 Å². The summed E-state index contributed by atoms with van der Waals surface area (Å²) in [7, 11) is 0. The van der Waals surface area contributed by atoms with Gasteiger partial charge in [-0.2, -0.15) is 0 Å². The maximum Gasteiger partial charge on any atom is 0.138 e. The third-order valence-electron chi connectivity index (χ3n) is 9.30. The van der Waals surface area contributed by atoms with Gasteiger partial charge in [0.25, 0.3) is 0 Å². The smallest absolute Gasteiger partial charge is 0.138 e. The summed E-state index contributed by atoms with van der Waals surface area (Å²) in [5, 5.41) is 3.96. The molecule has 0 radical (unpaired) electrons. The number of hydrogen-bond donors (Lipinski definition) is 0. The minimum absolute atomic E-state index is 0.986. The van der Waals surface area contributed by atoms with Gasteiger partial charge in [0.15, 0.2) is 0 Å². The average molecular weight is 566 g/mol. The molecule has 0 amide bonds. The molecule has 44 heavy (non-hydrogen) atoms. The molecule has 0 saturated carbocycles. The molecule has 3 heteroatoms. The quantitative estimate of drug-likeness (QED) is 0.208. The Hall–Kier alpha value is -5.41. The van der Waals surface area contributed by atoms with E-state index in [9.17, 15) is 0 Å². The maximum absolute atomic E-state index is 5.39. The molecule has 0 bridgehead atoms. The fourth-order valence-electron chi connectivity index (χ4n) is 7.37. The van der Waals surface area contributed by atoms with Crippen molar-refractivity contribution in [1.29, 1.82) is 0 Å². The first-order chi connectivity index (χ1) is 21.8. The molecule has 0 saturated heterocycles. The number of pyridine rings is 1. The van der Waals surface area contributed by atoms with Crippen molar-refractivity contribution < 1.29 is 0 Å². The lowest BCUT2D eigenvalue weighted by molar-refractivity contribution is 0.665. The molecular weight excluding hydrogens is 534 g/mol. The summed E-state index contributed by atoms with van der Waals surface area (Å²) in [5.41, 5.74) is 12.4. The fraction of sp³-hybridized carbons (Fsp3) is 0.0976. The van der Waals surface area contributed by atoms with Crippen LogP contribution >= 0.6 is 0 Å². The van der Waals surface area contributed by atoms with Crippen LogP contribution in [0.1, 0.15) is 24.1 Å². The van der Waals surface area contributed by atoms with E-state index in [1.165, 1.54) is 73.6 Å². The summed E-state index contributed by atoms with van der Waals surface area (Å²) in [6, 6.07) is 50.1. The molecule has 3 aromatic heterocycles. The minimum Gasteiger partial charge on any atom is -0.309 e. The second-order valence-corrected chi connectivity index (χ2v) is 11.8. The number of aromatic nitrogens is 3. The van der Waals surface area contributed by atoms with Gasteiger partial charge in [-0.05, 0) is 78.8 Å². The van der Waals surface area contributed by atoms with Crippen LogP contribution in [0.5, 0.6) is 0 Å². The Bertz CT molecular complexity index is 2250. The van der Waals surface area contributed by atoms with E-state index in [0.29, 0.717) is 0 Å². The van der Waals surface area contributed by atoms with Gasteiger partial charge in [-0.15, -0.1) is 0 Å². The predicted molar refractivity (Wildman–Crippen MR) is 183 cm³/mol. The fourth-order valence-corrected chi connectivity index (χ4v) is 7.37. The Morgan fingerprint density at radius 2 is 1.18 bits per heavy atom. The molecule has 0 atom stereocenters. The van der Waals surface area contributed by atoms with Gasteiger partial charge < -0.3 is 4.57 Å². The van der Waals surface area contributed by atoms with Gasteiger partial charge in [-0.3, -0.25) is 4.57 Å². The summed E-state index contributed by atoms with van der Waals surface area (Å²) in [6.45, 7) is 0. The van der Waals surface area contributed by atoms with E-state index in [0.717, 1.165) is 29.9 Å². The standard InChI is InChI=1S/C41H31N3/c1-4-14-28(15-5-1)30-26-35(29-16-6-2-7-17-29)42-39(27-30)44-37-23-13-11-21-34(37)40-38(44)25-24-33-32-20-10-12-22-36(32)43(41(33)40)31-18-8-3-9-19-31/h1-10,12,14-20,22,24-27H,11,13,21,23H2. The highest BCUT2D eigenvalue weighted by Gasteiger charge is 2.26. The average Bonchev–Trinajstić information content (AvgIpc) is 3.62. The first-order valence-electron chi connectivity index (χ1n) is 15.6. The molecular formula is C41H31N3. The van der Waals surface area contributed by atoms with Crippen LogP contribution in [0.25, 0.3) is 66.6 Å². The Morgan fingerprint density at radius 3 is 1.98 bits per heavy atom. The normalized spacial score (nSPS) is 13.1. The largest absolute Gasteiger partial charge is 0.309 e. The van der Waals surface area contributed by atoms with Crippen molar-refractivity contribution in [1.82, 2.24) is 14.1 Å². The topological polar surface area (TPSA) is 22.8 Å². The molecule has 0 N–H and O–H groups in total.